The molecule has 0 radical (unpaired) electrons. The van der Waals surface area contributed by atoms with Crippen molar-refractivity contribution in [1.82, 2.24) is 0 Å². The summed E-state index contributed by atoms with van der Waals surface area (Å²) in [5.41, 5.74) is 0.122. The van der Waals surface area contributed by atoms with Gasteiger partial charge in [-0.2, -0.15) is 0 Å². The average Bonchev–Trinajstić information content (AvgIpc) is 2.92. The highest BCUT2D eigenvalue weighted by molar-refractivity contribution is 5.67. The number of carbonyl (C=O) groups excluding carboxylic acids is 3. The molecule has 0 bridgehead atoms. The number of rotatable bonds is 3. The average molecular weight is 394 g/mol. The maximum Gasteiger partial charge on any atom is 0.304 e. The van der Waals surface area contributed by atoms with Gasteiger partial charge in [-0.25, -0.2) is 0 Å². The second-order valence-corrected chi connectivity index (χ2v) is 9.05. The van der Waals surface area contributed by atoms with E-state index in [-0.39, 0.29) is 35.8 Å². The van der Waals surface area contributed by atoms with Crippen LogP contribution in [-0.4, -0.2) is 43.0 Å². The van der Waals surface area contributed by atoms with E-state index in [9.17, 15) is 14.4 Å². The highest BCUT2D eigenvalue weighted by Crippen LogP contribution is 2.63. The number of ether oxygens (including phenoxy) is 4. The maximum absolute atomic E-state index is 11.9. The second-order valence-electron chi connectivity index (χ2n) is 9.05. The lowest BCUT2D eigenvalue weighted by molar-refractivity contribution is -0.224. The Morgan fingerprint density at radius 2 is 1.61 bits per heavy atom. The van der Waals surface area contributed by atoms with Gasteiger partial charge in [0.1, 0.15) is 12.2 Å². The topological polar surface area (TPSA) is 88.1 Å². The van der Waals surface area contributed by atoms with E-state index in [0.29, 0.717) is 6.42 Å². The smallest absolute Gasteiger partial charge is 0.304 e. The van der Waals surface area contributed by atoms with E-state index < -0.39 is 29.9 Å². The van der Waals surface area contributed by atoms with Crippen LogP contribution in [0, 0.1) is 22.7 Å². The second kappa shape index (κ2) is 7.17. The first-order valence-electron chi connectivity index (χ1n) is 9.80. The quantitative estimate of drug-likeness (QED) is 0.413. The van der Waals surface area contributed by atoms with E-state index in [2.05, 4.69) is 13.8 Å². The Kier molecular flexibility index (Phi) is 5.34. The lowest BCUT2D eigenvalue weighted by atomic mass is 9.47. The molecule has 0 N–H and O–H groups in total. The molecule has 7 nitrogen and oxygen atoms in total. The summed E-state index contributed by atoms with van der Waals surface area (Å²) in [6.45, 7) is 10.8. The molecule has 0 aromatic heterocycles. The van der Waals surface area contributed by atoms with Crippen molar-refractivity contribution in [2.24, 2.45) is 22.7 Å². The molecule has 1 saturated heterocycles. The van der Waals surface area contributed by atoms with Gasteiger partial charge in [-0.3, -0.25) is 14.4 Å². The van der Waals surface area contributed by atoms with Gasteiger partial charge in [0.2, 0.25) is 6.29 Å². The van der Waals surface area contributed by atoms with Gasteiger partial charge in [0.25, 0.3) is 0 Å². The van der Waals surface area contributed by atoms with Crippen molar-refractivity contribution >= 4 is 17.9 Å². The summed E-state index contributed by atoms with van der Waals surface area (Å²) in [6, 6.07) is 0. The molecule has 2 unspecified atom stereocenters. The first-order valence-corrected chi connectivity index (χ1v) is 9.80. The Morgan fingerprint density at radius 1 is 1.00 bits per heavy atom. The Labute approximate surface area is 165 Å². The summed E-state index contributed by atoms with van der Waals surface area (Å²) >= 11 is 0. The van der Waals surface area contributed by atoms with E-state index >= 15 is 0 Å². The van der Waals surface area contributed by atoms with Gasteiger partial charge in [-0.1, -0.05) is 20.8 Å². The molecule has 1 aliphatic heterocycles. The van der Waals surface area contributed by atoms with Gasteiger partial charge in [0.15, 0.2) is 0 Å². The normalized spacial score (nSPS) is 38.5. The Balaban J connectivity index is 2.14. The first kappa shape index (κ1) is 20.8. The molecule has 6 atom stereocenters. The molecular weight excluding hydrogens is 364 g/mol. The molecule has 1 saturated carbocycles. The Morgan fingerprint density at radius 3 is 2.18 bits per heavy atom. The van der Waals surface area contributed by atoms with Crippen LogP contribution < -0.4 is 0 Å². The lowest BCUT2D eigenvalue weighted by Crippen LogP contribution is -2.62. The summed E-state index contributed by atoms with van der Waals surface area (Å²) < 4.78 is 22.8. The molecule has 156 valence electrons. The predicted molar refractivity (Wildman–Crippen MR) is 98.8 cm³/mol. The van der Waals surface area contributed by atoms with E-state index in [1.54, 1.807) is 0 Å². The zero-order chi connectivity index (χ0) is 20.9. The molecular formula is C21H30O7. The van der Waals surface area contributed by atoms with Crippen molar-refractivity contribution in [2.45, 2.75) is 72.9 Å². The summed E-state index contributed by atoms with van der Waals surface area (Å²) in [5.74, 6) is -1.53. The van der Waals surface area contributed by atoms with Crippen molar-refractivity contribution in [2.75, 3.05) is 6.61 Å². The Bertz CT molecular complexity index is 710. The standard InChI is InChI=1S/C21H30O7/c1-11(22)26-15-9-14-10-25-19(28-13(3)24)17(14)21(6)16(27-12(2)23)7-8-20(4,5)18(15)21/h9,15-19H,7-8,10H2,1-6H3/t15-,16+,17?,18?,19-,21+/m0/s1. The van der Waals surface area contributed by atoms with Crippen LogP contribution in [0.25, 0.3) is 0 Å². The molecule has 2 aliphatic carbocycles. The van der Waals surface area contributed by atoms with Gasteiger partial charge >= 0.3 is 17.9 Å². The molecule has 1 heterocycles. The molecule has 3 rings (SSSR count). The van der Waals surface area contributed by atoms with Crippen molar-refractivity contribution in [3.8, 4) is 0 Å². The highest BCUT2D eigenvalue weighted by atomic mass is 16.7. The summed E-state index contributed by atoms with van der Waals surface area (Å²) in [4.78, 5) is 35.3. The van der Waals surface area contributed by atoms with Gasteiger partial charge in [0.05, 0.1) is 12.5 Å². The number of carbonyl (C=O) groups is 3. The van der Waals surface area contributed by atoms with E-state index in [1.807, 2.05) is 13.0 Å². The molecule has 0 aromatic carbocycles. The number of hydrogen-bond donors (Lipinski definition) is 0. The van der Waals surface area contributed by atoms with Crippen LogP contribution >= 0.6 is 0 Å². The zero-order valence-electron chi connectivity index (χ0n) is 17.4. The molecule has 3 aliphatic rings. The third-order valence-electron chi connectivity index (χ3n) is 6.61. The van der Waals surface area contributed by atoms with Gasteiger partial charge in [-0.15, -0.1) is 0 Å². The fraction of sp³-hybridized carbons (Fsp3) is 0.762. The minimum Gasteiger partial charge on any atom is -0.462 e. The van der Waals surface area contributed by atoms with Crippen molar-refractivity contribution in [1.29, 1.82) is 0 Å². The monoisotopic (exact) mass is 394 g/mol. The first-order chi connectivity index (χ1) is 13.0. The summed E-state index contributed by atoms with van der Waals surface area (Å²) in [6.07, 6.45) is 1.85. The largest absolute Gasteiger partial charge is 0.462 e. The summed E-state index contributed by atoms with van der Waals surface area (Å²) in [7, 11) is 0. The third kappa shape index (κ3) is 3.45. The molecule has 2 fully saturated rings. The van der Waals surface area contributed by atoms with Crippen molar-refractivity contribution in [3.05, 3.63) is 11.6 Å². The van der Waals surface area contributed by atoms with E-state index in [0.717, 1.165) is 12.0 Å². The number of hydrogen-bond acceptors (Lipinski definition) is 7. The third-order valence-corrected chi connectivity index (χ3v) is 6.61. The van der Waals surface area contributed by atoms with Crippen molar-refractivity contribution in [3.63, 3.8) is 0 Å². The minimum absolute atomic E-state index is 0.129. The fourth-order valence-electron chi connectivity index (χ4n) is 5.84. The Hall–Kier alpha value is -1.89. The minimum atomic E-state index is -0.749. The van der Waals surface area contributed by atoms with Gasteiger partial charge < -0.3 is 18.9 Å². The molecule has 0 spiro atoms. The van der Waals surface area contributed by atoms with Crippen LogP contribution in [0.3, 0.4) is 0 Å². The maximum atomic E-state index is 11.9. The van der Waals surface area contributed by atoms with Crippen molar-refractivity contribution < 1.29 is 33.3 Å². The van der Waals surface area contributed by atoms with Crippen LogP contribution in [-0.2, 0) is 33.3 Å². The molecule has 28 heavy (non-hydrogen) atoms. The fourth-order valence-corrected chi connectivity index (χ4v) is 5.84. The van der Waals surface area contributed by atoms with E-state index in [4.69, 9.17) is 18.9 Å². The zero-order valence-corrected chi connectivity index (χ0v) is 17.4. The number of esters is 3. The summed E-state index contributed by atoms with van der Waals surface area (Å²) in [5, 5.41) is 0. The lowest BCUT2D eigenvalue weighted by Gasteiger charge is -2.60. The molecule has 0 amide bonds. The SMILES string of the molecule is CC(=O)O[C@@H]1OCC2=C[C@H](OC(C)=O)C3C(C)(C)CC[C@@H](OC(C)=O)[C@]3(C)C21. The van der Waals surface area contributed by atoms with Crippen LogP contribution in [0.2, 0.25) is 0 Å². The van der Waals surface area contributed by atoms with Gasteiger partial charge in [-0.05, 0) is 29.9 Å². The predicted octanol–water partition coefficient (Wildman–Crippen LogP) is 2.77. The van der Waals surface area contributed by atoms with Crippen LogP contribution in [0.4, 0.5) is 0 Å². The highest BCUT2D eigenvalue weighted by Gasteiger charge is 2.65. The van der Waals surface area contributed by atoms with Gasteiger partial charge in [0, 0.05) is 32.1 Å². The van der Waals surface area contributed by atoms with Crippen LogP contribution in [0.5, 0.6) is 0 Å². The van der Waals surface area contributed by atoms with Crippen LogP contribution in [0.15, 0.2) is 11.6 Å². The van der Waals surface area contributed by atoms with Crippen LogP contribution in [0.1, 0.15) is 54.4 Å². The molecule has 7 heteroatoms. The van der Waals surface area contributed by atoms with E-state index in [1.165, 1.54) is 20.8 Å². The number of fused-ring (bicyclic) bond motifs is 3. The molecule has 0 aromatic rings.